The van der Waals surface area contributed by atoms with Gasteiger partial charge in [-0.3, -0.25) is 9.59 Å². The second kappa shape index (κ2) is 4.97. The van der Waals surface area contributed by atoms with Crippen molar-refractivity contribution in [2.24, 2.45) is 39.7 Å². The Labute approximate surface area is 137 Å². The van der Waals surface area contributed by atoms with Crippen molar-refractivity contribution in [1.82, 2.24) is 0 Å². The number of nitroso groups, excluding NO2 is 1. The molecule has 0 aliphatic heterocycles. The molecule has 0 aromatic carbocycles. The van der Waals surface area contributed by atoms with Crippen LogP contribution in [-0.2, 0) is 9.59 Å². The highest BCUT2D eigenvalue weighted by molar-refractivity contribution is 5.87. The van der Waals surface area contributed by atoms with Crippen LogP contribution in [0.1, 0.15) is 65.2 Å². The number of rotatable bonds is 1. The number of Topliss-reactive ketones (excluding diaryl/α,β-unsaturated/α-hetero) is 2. The third-order valence-electron chi connectivity index (χ3n) is 8.34. The molecule has 0 spiro atoms. The molecule has 0 amide bonds. The van der Waals surface area contributed by atoms with Gasteiger partial charge in [-0.2, -0.15) is 4.91 Å². The molecule has 0 radical (unpaired) electrons. The second-order valence-corrected chi connectivity index (χ2v) is 9.06. The van der Waals surface area contributed by atoms with E-state index in [1.54, 1.807) is 0 Å². The van der Waals surface area contributed by atoms with Crippen LogP contribution in [0.5, 0.6) is 0 Å². The van der Waals surface area contributed by atoms with E-state index in [9.17, 15) is 14.5 Å². The molecule has 0 aromatic rings. The third-order valence-corrected chi connectivity index (χ3v) is 8.34. The van der Waals surface area contributed by atoms with Crippen molar-refractivity contribution in [3.05, 3.63) is 4.91 Å². The van der Waals surface area contributed by atoms with Gasteiger partial charge in [0.2, 0.25) is 0 Å². The number of hydrogen-bond acceptors (Lipinski definition) is 4. The van der Waals surface area contributed by atoms with Gasteiger partial charge in [-0.1, -0.05) is 19.0 Å². The highest BCUT2D eigenvalue weighted by atomic mass is 16.3. The van der Waals surface area contributed by atoms with Crippen LogP contribution in [0.25, 0.3) is 0 Å². The maximum absolute atomic E-state index is 12.4. The van der Waals surface area contributed by atoms with Crippen molar-refractivity contribution in [2.45, 2.75) is 71.3 Å². The highest BCUT2D eigenvalue weighted by Gasteiger charge is 2.62. The summed E-state index contributed by atoms with van der Waals surface area (Å²) in [6.07, 6.45) is 6.67. The molecule has 23 heavy (non-hydrogen) atoms. The topological polar surface area (TPSA) is 63.6 Å². The number of ketones is 2. The molecule has 0 aromatic heterocycles. The van der Waals surface area contributed by atoms with E-state index in [2.05, 4.69) is 19.0 Å². The summed E-state index contributed by atoms with van der Waals surface area (Å²) in [4.78, 5) is 35.9. The van der Waals surface area contributed by atoms with Gasteiger partial charge >= 0.3 is 0 Å². The third kappa shape index (κ3) is 1.96. The van der Waals surface area contributed by atoms with E-state index in [-0.39, 0.29) is 22.8 Å². The predicted octanol–water partition coefficient (Wildman–Crippen LogP) is 3.91. The standard InChI is InChI=1S/C19H27NO3/c1-18-7-5-11(21)9-15(18)16(20-23)10-12-13-3-4-17(22)19(13,2)8-6-14(12)18/h12-16H,3-10H2,1-2H3. The lowest BCUT2D eigenvalue weighted by molar-refractivity contribution is -0.146. The number of hydrogen-bond donors (Lipinski definition) is 0. The average molecular weight is 317 g/mol. The van der Waals surface area contributed by atoms with Gasteiger partial charge in [0.05, 0.1) is 6.04 Å². The Morgan fingerprint density at radius 2 is 1.78 bits per heavy atom. The van der Waals surface area contributed by atoms with Gasteiger partial charge in [0.1, 0.15) is 11.6 Å². The predicted molar refractivity (Wildman–Crippen MR) is 86.7 cm³/mol. The minimum atomic E-state index is -0.233. The minimum absolute atomic E-state index is 0.0579. The second-order valence-electron chi connectivity index (χ2n) is 9.06. The molecule has 4 saturated carbocycles. The van der Waals surface area contributed by atoms with Gasteiger partial charge in [0, 0.05) is 24.7 Å². The quantitative estimate of drug-likeness (QED) is 0.689. The number of fused-ring (bicyclic) bond motifs is 5. The zero-order valence-electron chi connectivity index (χ0n) is 14.2. The van der Waals surface area contributed by atoms with Crippen molar-refractivity contribution in [3.8, 4) is 0 Å². The number of carbonyl (C=O) groups excluding carboxylic acids is 2. The van der Waals surface area contributed by atoms with Crippen LogP contribution >= 0.6 is 0 Å². The molecule has 4 rings (SSSR count). The molecule has 0 saturated heterocycles. The molecule has 126 valence electrons. The Kier molecular flexibility index (Phi) is 3.34. The maximum Gasteiger partial charge on any atom is 0.139 e. The average Bonchev–Trinajstić information content (AvgIpc) is 2.83. The normalized spacial score (nSPS) is 52.5. The highest BCUT2D eigenvalue weighted by Crippen LogP contribution is 2.65. The summed E-state index contributed by atoms with van der Waals surface area (Å²) in [6, 6.07) is -0.233. The summed E-state index contributed by atoms with van der Waals surface area (Å²) in [5.41, 5.74) is -0.106. The minimum Gasteiger partial charge on any atom is -0.300 e. The summed E-state index contributed by atoms with van der Waals surface area (Å²) in [5.74, 6) is 2.29. The Bertz CT molecular complexity index is 573. The Morgan fingerprint density at radius 3 is 2.52 bits per heavy atom. The fourth-order valence-corrected chi connectivity index (χ4v) is 6.98. The van der Waals surface area contributed by atoms with Gasteiger partial charge in [-0.25, -0.2) is 0 Å². The molecule has 7 atom stereocenters. The molecular weight excluding hydrogens is 290 g/mol. The van der Waals surface area contributed by atoms with Crippen LogP contribution in [-0.4, -0.2) is 17.6 Å². The largest absolute Gasteiger partial charge is 0.300 e. The van der Waals surface area contributed by atoms with Crippen molar-refractivity contribution < 1.29 is 9.59 Å². The van der Waals surface area contributed by atoms with Gasteiger partial charge in [-0.05, 0) is 61.2 Å². The summed E-state index contributed by atoms with van der Waals surface area (Å²) in [5, 5.41) is 3.47. The van der Waals surface area contributed by atoms with Gasteiger partial charge < -0.3 is 0 Å². The fourth-order valence-electron chi connectivity index (χ4n) is 6.98. The van der Waals surface area contributed by atoms with Crippen LogP contribution in [0.2, 0.25) is 0 Å². The molecule has 0 heterocycles. The molecule has 4 aliphatic rings. The summed E-state index contributed by atoms with van der Waals surface area (Å²) in [6.45, 7) is 4.46. The van der Waals surface area contributed by atoms with Crippen molar-refractivity contribution in [3.63, 3.8) is 0 Å². The molecule has 4 fully saturated rings. The molecular formula is C19H27NO3. The van der Waals surface area contributed by atoms with Crippen molar-refractivity contribution >= 4 is 11.6 Å². The molecule has 0 bridgehead atoms. The number of nitrogens with zero attached hydrogens (tertiary/aromatic N) is 1. The first-order chi connectivity index (χ1) is 10.9. The van der Waals surface area contributed by atoms with Gasteiger partial charge in [0.25, 0.3) is 0 Å². The summed E-state index contributed by atoms with van der Waals surface area (Å²) in [7, 11) is 0. The van der Waals surface area contributed by atoms with Crippen LogP contribution < -0.4 is 0 Å². The number of carbonyl (C=O) groups is 2. The summed E-state index contributed by atoms with van der Waals surface area (Å²) < 4.78 is 0. The van der Waals surface area contributed by atoms with Crippen molar-refractivity contribution in [1.29, 1.82) is 0 Å². The molecule has 0 N–H and O–H groups in total. The summed E-state index contributed by atoms with van der Waals surface area (Å²) >= 11 is 0. The zero-order valence-corrected chi connectivity index (χ0v) is 14.2. The first kappa shape index (κ1) is 15.5. The lowest BCUT2D eigenvalue weighted by Crippen LogP contribution is -2.57. The van der Waals surface area contributed by atoms with Gasteiger partial charge in [0.15, 0.2) is 0 Å². The Hall–Kier alpha value is -1.06. The van der Waals surface area contributed by atoms with E-state index in [1.807, 2.05) is 0 Å². The first-order valence-corrected chi connectivity index (χ1v) is 9.27. The lowest BCUT2D eigenvalue weighted by Gasteiger charge is -2.60. The van der Waals surface area contributed by atoms with Crippen LogP contribution in [0.3, 0.4) is 0 Å². The Morgan fingerprint density at radius 1 is 1.00 bits per heavy atom. The van der Waals surface area contributed by atoms with Gasteiger partial charge in [-0.15, -0.1) is 0 Å². The monoisotopic (exact) mass is 317 g/mol. The van der Waals surface area contributed by atoms with E-state index in [0.717, 1.165) is 32.1 Å². The fraction of sp³-hybridized carbons (Fsp3) is 0.895. The van der Waals surface area contributed by atoms with Crippen LogP contribution in [0, 0.1) is 39.4 Å². The molecule has 4 heteroatoms. The van der Waals surface area contributed by atoms with E-state index in [1.165, 1.54) is 0 Å². The molecule has 7 unspecified atom stereocenters. The van der Waals surface area contributed by atoms with Crippen molar-refractivity contribution in [2.75, 3.05) is 0 Å². The van der Waals surface area contributed by atoms with E-state index < -0.39 is 0 Å². The maximum atomic E-state index is 12.4. The zero-order chi connectivity index (χ0) is 16.4. The SMILES string of the molecule is CC12CCC3C(CC(N=O)C4CC(=O)CCC43C)C1CCC2=O. The Balaban J connectivity index is 1.72. The molecule has 4 nitrogen and oxygen atoms in total. The lowest BCUT2D eigenvalue weighted by atomic mass is 9.44. The van der Waals surface area contributed by atoms with Crippen LogP contribution in [0.15, 0.2) is 5.18 Å². The first-order valence-electron chi connectivity index (χ1n) is 9.27. The molecule has 4 aliphatic carbocycles. The smallest absolute Gasteiger partial charge is 0.139 e. The van der Waals surface area contributed by atoms with E-state index in [0.29, 0.717) is 48.6 Å². The van der Waals surface area contributed by atoms with E-state index >= 15 is 0 Å². The van der Waals surface area contributed by atoms with E-state index in [4.69, 9.17) is 0 Å². The van der Waals surface area contributed by atoms with Crippen LogP contribution in [0.4, 0.5) is 0 Å².